The standard InChI is InChI=1S/C15H22O4S/c1-11(2)8-9-20(18,19)10-13-4-6-14(7-5-13)12(3)15(16)17/h4-7,11-12H,8-10H2,1-3H3,(H,16,17). The molecule has 0 aromatic heterocycles. The van der Waals surface area contributed by atoms with E-state index in [1.807, 2.05) is 13.8 Å². The molecule has 112 valence electrons. The van der Waals surface area contributed by atoms with E-state index in [-0.39, 0.29) is 11.5 Å². The molecule has 0 amide bonds. The lowest BCUT2D eigenvalue weighted by Crippen LogP contribution is -2.11. The average molecular weight is 298 g/mol. The van der Waals surface area contributed by atoms with Crippen LogP contribution in [0.15, 0.2) is 24.3 Å². The molecular weight excluding hydrogens is 276 g/mol. The molecular formula is C15H22O4S. The normalized spacial score (nSPS) is 13.4. The Balaban J connectivity index is 2.72. The van der Waals surface area contributed by atoms with Gasteiger partial charge in [-0.05, 0) is 30.4 Å². The molecule has 0 spiro atoms. The summed E-state index contributed by atoms with van der Waals surface area (Å²) in [6.45, 7) is 5.60. The van der Waals surface area contributed by atoms with E-state index in [0.717, 1.165) is 0 Å². The molecule has 5 heteroatoms. The first-order valence-electron chi connectivity index (χ1n) is 6.73. The zero-order valence-electron chi connectivity index (χ0n) is 12.2. The molecule has 0 aliphatic rings. The van der Waals surface area contributed by atoms with Crippen LogP contribution in [0.2, 0.25) is 0 Å². The maximum Gasteiger partial charge on any atom is 0.310 e. The van der Waals surface area contributed by atoms with E-state index in [9.17, 15) is 13.2 Å². The van der Waals surface area contributed by atoms with Crippen molar-refractivity contribution in [1.29, 1.82) is 0 Å². The van der Waals surface area contributed by atoms with Gasteiger partial charge in [0.1, 0.15) is 0 Å². The Morgan fingerprint density at radius 3 is 2.15 bits per heavy atom. The average Bonchev–Trinajstić information content (AvgIpc) is 2.36. The molecule has 0 saturated heterocycles. The predicted molar refractivity (Wildman–Crippen MR) is 79.4 cm³/mol. The SMILES string of the molecule is CC(C)CCS(=O)(=O)Cc1ccc(C(C)C(=O)O)cc1. The molecule has 0 bridgehead atoms. The van der Waals surface area contributed by atoms with Gasteiger partial charge in [-0.1, -0.05) is 38.1 Å². The van der Waals surface area contributed by atoms with Crippen molar-refractivity contribution in [3.05, 3.63) is 35.4 Å². The van der Waals surface area contributed by atoms with E-state index in [2.05, 4.69) is 0 Å². The molecule has 1 atom stereocenters. The molecule has 1 aromatic carbocycles. The van der Waals surface area contributed by atoms with E-state index >= 15 is 0 Å². The predicted octanol–water partition coefficient (Wildman–Crippen LogP) is 2.84. The number of hydrogen-bond donors (Lipinski definition) is 1. The molecule has 1 aromatic rings. The van der Waals surface area contributed by atoms with Crippen molar-refractivity contribution in [2.75, 3.05) is 5.75 Å². The summed E-state index contributed by atoms with van der Waals surface area (Å²) in [5, 5.41) is 8.92. The summed E-state index contributed by atoms with van der Waals surface area (Å²) in [6, 6.07) is 6.77. The van der Waals surface area contributed by atoms with Crippen LogP contribution < -0.4 is 0 Å². The van der Waals surface area contributed by atoms with Crippen LogP contribution in [0.1, 0.15) is 44.2 Å². The van der Waals surface area contributed by atoms with Crippen LogP contribution in [-0.4, -0.2) is 25.2 Å². The number of carboxylic acids is 1. The van der Waals surface area contributed by atoms with Gasteiger partial charge in [0, 0.05) is 0 Å². The van der Waals surface area contributed by atoms with Crippen LogP contribution in [0.25, 0.3) is 0 Å². The van der Waals surface area contributed by atoms with E-state index in [0.29, 0.717) is 23.5 Å². The van der Waals surface area contributed by atoms with Crippen LogP contribution >= 0.6 is 0 Å². The molecule has 20 heavy (non-hydrogen) atoms. The topological polar surface area (TPSA) is 71.4 Å². The van der Waals surface area contributed by atoms with E-state index in [1.165, 1.54) is 0 Å². The Labute approximate surface area is 120 Å². The Bertz CT molecular complexity index is 544. The van der Waals surface area contributed by atoms with Gasteiger partial charge in [0.15, 0.2) is 9.84 Å². The Hall–Kier alpha value is -1.36. The Kier molecular flexibility index (Phi) is 5.74. The Morgan fingerprint density at radius 2 is 1.70 bits per heavy atom. The van der Waals surface area contributed by atoms with Gasteiger partial charge in [0.05, 0.1) is 17.4 Å². The highest BCUT2D eigenvalue weighted by Gasteiger charge is 2.15. The van der Waals surface area contributed by atoms with Gasteiger partial charge in [-0.3, -0.25) is 4.79 Å². The van der Waals surface area contributed by atoms with E-state index in [1.54, 1.807) is 31.2 Å². The summed E-state index contributed by atoms with van der Waals surface area (Å²) >= 11 is 0. The Morgan fingerprint density at radius 1 is 1.15 bits per heavy atom. The smallest absolute Gasteiger partial charge is 0.310 e. The summed E-state index contributed by atoms with van der Waals surface area (Å²) < 4.78 is 23.9. The van der Waals surface area contributed by atoms with Crippen molar-refractivity contribution < 1.29 is 18.3 Å². The second kappa shape index (κ2) is 6.88. The first-order valence-corrected chi connectivity index (χ1v) is 8.55. The first kappa shape index (κ1) is 16.7. The third-order valence-corrected chi connectivity index (χ3v) is 4.87. The minimum absolute atomic E-state index is 0.0153. The summed E-state index contributed by atoms with van der Waals surface area (Å²) in [5.41, 5.74) is 1.39. The van der Waals surface area contributed by atoms with Gasteiger partial charge in [0.2, 0.25) is 0 Å². The number of carbonyl (C=O) groups is 1. The lowest BCUT2D eigenvalue weighted by Gasteiger charge is -2.09. The largest absolute Gasteiger partial charge is 0.481 e. The molecule has 0 aliphatic carbocycles. The fourth-order valence-corrected chi connectivity index (χ4v) is 3.46. The van der Waals surface area contributed by atoms with Gasteiger partial charge >= 0.3 is 5.97 Å². The van der Waals surface area contributed by atoms with Gasteiger partial charge in [-0.15, -0.1) is 0 Å². The minimum Gasteiger partial charge on any atom is -0.481 e. The first-order chi connectivity index (χ1) is 9.21. The second-order valence-corrected chi connectivity index (χ2v) is 7.76. The van der Waals surface area contributed by atoms with E-state index < -0.39 is 21.7 Å². The summed E-state index contributed by atoms with van der Waals surface area (Å²) in [6.07, 6.45) is 0.663. The molecule has 0 saturated carbocycles. The number of sulfone groups is 1. The summed E-state index contributed by atoms with van der Waals surface area (Å²) in [4.78, 5) is 10.9. The van der Waals surface area contributed by atoms with E-state index in [4.69, 9.17) is 5.11 Å². The monoisotopic (exact) mass is 298 g/mol. The van der Waals surface area contributed by atoms with Crippen molar-refractivity contribution in [3.63, 3.8) is 0 Å². The van der Waals surface area contributed by atoms with Crippen molar-refractivity contribution in [3.8, 4) is 0 Å². The van der Waals surface area contributed by atoms with Crippen molar-refractivity contribution >= 4 is 15.8 Å². The van der Waals surface area contributed by atoms with Crippen molar-refractivity contribution in [2.24, 2.45) is 5.92 Å². The number of aliphatic carboxylic acids is 1. The van der Waals surface area contributed by atoms with Gasteiger partial charge in [-0.2, -0.15) is 0 Å². The highest BCUT2D eigenvalue weighted by atomic mass is 32.2. The van der Waals surface area contributed by atoms with Crippen LogP contribution in [-0.2, 0) is 20.4 Å². The van der Waals surface area contributed by atoms with Gasteiger partial charge < -0.3 is 5.11 Å². The quantitative estimate of drug-likeness (QED) is 0.840. The molecule has 0 aliphatic heterocycles. The zero-order chi connectivity index (χ0) is 15.3. The fourth-order valence-electron chi connectivity index (χ4n) is 1.79. The molecule has 0 radical (unpaired) electrons. The number of benzene rings is 1. The van der Waals surface area contributed by atoms with Crippen LogP contribution in [0.4, 0.5) is 0 Å². The van der Waals surface area contributed by atoms with Crippen LogP contribution in [0.5, 0.6) is 0 Å². The highest BCUT2D eigenvalue weighted by Crippen LogP contribution is 2.17. The van der Waals surface area contributed by atoms with Gasteiger partial charge in [-0.25, -0.2) is 8.42 Å². The lowest BCUT2D eigenvalue weighted by molar-refractivity contribution is -0.138. The highest BCUT2D eigenvalue weighted by molar-refractivity contribution is 7.90. The second-order valence-electron chi connectivity index (χ2n) is 5.58. The summed E-state index contributed by atoms with van der Waals surface area (Å²) in [7, 11) is -3.10. The number of hydrogen-bond acceptors (Lipinski definition) is 3. The zero-order valence-corrected chi connectivity index (χ0v) is 13.0. The molecule has 1 rings (SSSR count). The number of rotatable bonds is 7. The van der Waals surface area contributed by atoms with Crippen LogP contribution in [0.3, 0.4) is 0 Å². The lowest BCUT2D eigenvalue weighted by atomic mass is 10.0. The maximum atomic E-state index is 11.9. The summed E-state index contributed by atoms with van der Waals surface area (Å²) in [5.74, 6) is -0.896. The third kappa shape index (κ3) is 5.33. The number of carboxylic acid groups (broad SMARTS) is 1. The van der Waals surface area contributed by atoms with Crippen molar-refractivity contribution in [1.82, 2.24) is 0 Å². The molecule has 4 nitrogen and oxygen atoms in total. The van der Waals surface area contributed by atoms with Gasteiger partial charge in [0.25, 0.3) is 0 Å². The molecule has 1 N–H and O–H groups in total. The maximum absolute atomic E-state index is 11.9. The molecule has 1 unspecified atom stereocenters. The fraction of sp³-hybridized carbons (Fsp3) is 0.533. The van der Waals surface area contributed by atoms with Crippen molar-refractivity contribution in [2.45, 2.75) is 38.9 Å². The third-order valence-electron chi connectivity index (χ3n) is 3.24. The van der Waals surface area contributed by atoms with Crippen LogP contribution in [0, 0.1) is 5.92 Å². The molecule has 0 fully saturated rings. The molecule has 0 heterocycles. The minimum atomic E-state index is -3.10.